The van der Waals surface area contributed by atoms with Crippen LogP contribution in [0.15, 0.2) is 18.3 Å². The number of anilines is 1. The number of nitrogens with zero attached hydrogens (tertiary/aromatic N) is 2. The summed E-state index contributed by atoms with van der Waals surface area (Å²) in [5.41, 5.74) is 0.483. The molecule has 160 valence electrons. The van der Waals surface area contributed by atoms with E-state index in [1.807, 2.05) is 11.0 Å². The molecule has 2 amide bonds. The minimum absolute atomic E-state index is 0.0328. The molecule has 2 aromatic rings. The fourth-order valence-corrected chi connectivity index (χ4v) is 5.18. The van der Waals surface area contributed by atoms with Crippen molar-refractivity contribution >= 4 is 45.0 Å². The van der Waals surface area contributed by atoms with Crippen LogP contribution in [-0.2, 0) is 19.1 Å². The quantitative estimate of drug-likeness (QED) is 0.731. The number of hydrogen-bond donors (Lipinski definition) is 1. The Kier molecular flexibility index (Phi) is 6.29. The molecule has 9 heteroatoms. The number of ether oxygens (including phenoxy) is 2. The average Bonchev–Trinajstić information content (AvgIpc) is 3.13. The van der Waals surface area contributed by atoms with E-state index in [-0.39, 0.29) is 37.0 Å². The van der Waals surface area contributed by atoms with Gasteiger partial charge in [0.2, 0.25) is 11.8 Å². The van der Waals surface area contributed by atoms with Gasteiger partial charge in [-0.05, 0) is 44.7 Å². The van der Waals surface area contributed by atoms with Crippen molar-refractivity contribution in [3.05, 3.63) is 23.2 Å². The lowest BCUT2D eigenvalue weighted by atomic mass is 9.84. The first-order valence-electron chi connectivity index (χ1n) is 10.3. The first kappa shape index (κ1) is 20.7. The predicted octanol–water partition coefficient (Wildman–Crippen LogP) is 2.83. The number of pyridine rings is 1. The van der Waals surface area contributed by atoms with Crippen molar-refractivity contribution in [3.8, 4) is 0 Å². The molecule has 0 radical (unpaired) electrons. The summed E-state index contributed by atoms with van der Waals surface area (Å²) >= 11 is 1.22. The SMILES string of the molecule is CCOC(=O)c1sc2ncccc2c1NC(=O)[C@H]1CC[C@H](N2CCOCC2=O)CC1. The predicted molar refractivity (Wildman–Crippen MR) is 112 cm³/mol. The van der Waals surface area contributed by atoms with Gasteiger partial charge in [-0.15, -0.1) is 11.3 Å². The van der Waals surface area contributed by atoms with Crippen molar-refractivity contribution in [1.82, 2.24) is 9.88 Å². The molecule has 30 heavy (non-hydrogen) atoms. The summed E-state index contributed by atoms with van der Waals surface area (Å²) in [6.07, 6.45) is 4.65. The smallest absolute Gasteiger partial charge is 0.350 e. The number of morpholine rings is 1. The van der Waals surface area contributed by atoms with Gasteiger partial charge in [0, 0.05) is 30.1 Å². The van der Waals surface area contributed by atoms with E-state index in [0.717, 1.165) is 18.2 Å². The van der Waals surface area contributed by atoms with E-state index in [0.29, 0.717) is 41.4 Å². The molecular formula is C21H25N3O5S. The van der Waals surface area contributed by atoms with E-state index in [4.69, 9.17) is 9.47 Å². The van der Waals surface area contributed by atoms with E-state index in [9.17, 15) is 14.4 Å². The number of hydrogen-bond acceptors (Lipinski definition) is 7. The molecule has 1 N–H and O–H groups in total. The fraction of sp³-hybridized carbons (Fsp3) is 0.524. The van der Waals surface area contributed by atoms with Crippen LogP contribution >= 0.6 is 11.3 Å². The number of amides is 2. The molecule has 3 heterocycles. The standard InChI is InChI=1S/C21H25N3O5S/c1-2-29-21(27)18-17(15-4-3-9-22-20(15)30-18)23-19(26)13-5-7-14(8-6-13)24-10-11-28-12-16(24)25/h3-4,9,13-14H,2,5-8,10-12H2,1H3,(H,23,26)/t13-,14-. The molecule has 0 atom stereocenters. The summed E-state index contributed by atoms with van der Waals surface area (Å²) < 4.78 is 10.4. The number of esters is 1. The van der Waals surface area contributed by atoms with Gasteiger partial charge in [0.15, 0.2) is 0 Å². The minimum atomic E-state index is -0.453. The maximum absolute atomic E-state index is 13.0. The summed E-state index contributed by atoms with van der Waals surface area (Å²) in [6, 6.07) is 3.80. The van der Waals surface area contributed by atoms with Crippen molar-refractivity contribution in [2.45, 2.75) is 38.6 Å². The second-order valence-electron chi connectivity index (χ2n) is 7.52. The molecule has 0 spiro atoms. The lowest BCUT2D eigenvalue weighted by Crippen LogP contribution is -2.49. The lowest BCUT2D eigenvalue weighted by molar-refractivity contribution is -0.146. The monoisotopic (exact) mass is 431 g/mol. The Hall–Kier alpha value is -2.52. The zero-order valence-electron chi connectivity index (χ0n) is 16.9. The molecule has 1 saturated carbocycles. The third kappa shape index (κ3) is 4.17. The summed E-state index contributed by atoms with van der Waals surface area (Å²) in [5, 5.41) is 3.72. The largest absolute Gasteiger partial charge is 0.462 e. The molecule has 8 nitrogen and oxygen atoms in total. The van der Waals surface area contributed by atoms with E-state index in [1.54, 1.807) is 19.2 Å². The van der Waals surface area contributed by atoms with Crippen LogP contribution in [0.1, 0.15) is 42.3 Å². The number of rotatable bonds is 5. The van der Waals surface area contributed by atoms with Crippen LogP contribution in [0.5, 0.6) is 0 Å². The Morgan fingerprint density at radius 2 is 2.13 bits per heavy atom. The van der Waals surface area contributed by atoms with Crippen LogP contribution in [0, 0.1) is 5.92 Å². The molecule has 2 fully saturated rings. The van der Waals surface area contributed by atoms with Gasteiger partial charge < -0.3 is 19.7 Å². The van der Waals surface area contributed by atoms with Crippen LogP contribution in [0.3, 0.4) is 0 Å². The Balaban J connectivity index is 1.45. The Morgan fingerprint density at radius 3 is 2.87 bits per heavy atom. The van der Waals surface area contributed by atoms with Crippen molar-refractivity contribution in [2.75, 3.05) is 31.7 Å². The number of carbonyl (C=O) groups is 3. The van der Waals surface area contributed by atoms with Gasteiger partial charge in [0.25, 0.3) is 0 Å². The van der Waals surface area contributed by atoms with Gasteiger partial charge in [-0.25, -0.2) is 9.78 Å². The first-order valence-corrected chi connectivity index (χ1v) is 11.1. The number of thiophene rings is 1. The van der Waals surface area contributed by atoms with E-state index < -0.39 is 5.97 Å². The summed E-state index contributed by atoms with van der Waals surface area (Å²) in [6.45, 7) is 3.35. The van der Waals surface area contributed by atoms with E-state index in [1.165, 1.54) is 11.3 Å². The highest BCUT2D eigenvalue weighted by Crippen LogP contribution is 2.36. The molecule has 0 unspecified atom stereocenters. The third-order valence-electron chi connectivity index (χ3n) is 5.71. The van der Waals surface area contributed by atoms with Crippen LogP contribution in [0.25, 0.3) is 10.2 Å². The molecule has 0 bridgehead atoms. The molecule has 1 saturated heterocycles. The van der Waals surface area contributed by atoms with Gasteiger partial charge >= 0.3 is 5.97 Å². The summed E-state index contributed by atoms with van der Waals surface area (Å²) in [4.78, 5) is 44.7. The summed E-state index contributed by atoms with van der Waals surface area (Å²) in [7, 11) is 0. The van der Waals surface area contributed by atoms with Crippen molar-refractivity contribution in [1.29, 1.82) is 0 Å². The van der Waals surface area contributed by atoms with Gasteiger partial charge in [0.05, 0.1) is 18.9 Å². The van der Waals surface area contributed by atoms with Crippen molar-refractivity contribution < 1.29 is 23.9 Å². The second-order valence-corrected chi connectivity index (χ2v) is 8.52. The highest BCUT2D eigenvalue weighted by Gasteiger charge is 2.33. The van der Waals surface area contributed by atoms with Crippen LogP contribution in [-0.4, -0.2) is 60.1 Å². The molecule has 1 aliphatic carbocycles. The maximum Gasteiger partial charge on any atom is 0.350 e. The van der Waals surface area contributed by atoms with E-state index >= 15 is 0 Å². The average molecular weight is 432 g/mol. The molecule has 2 aromatic heterocycles. The maximum atomic E-state index is 13.0. The van der Waals surface area contributed by atoms with Crippen molar-refractivity contribution in [3.63, 3.8) is 0 Å². The van der Waals surface area contributed by atoms with Gasteiger partial charge in [0.1, 0.15) is 16.3 Å². The van der Waals surface area contributed by atoms with Gasteiger partial charge in [-0.1, -0.05) is 0 Å². The normalized spacial score (nSPS) is 22.2. The third-order valence-corrected chi connectivity index (χ3v) is 6.80. The molecular weight excluding hydrogens is 406 g/mol. The first-order chi connectivity index (χ1) is 14.6. The van der Waals surface area contributed by atoms with Gasteiger partial charge in [-0.3, -0.25) is 9.59 Å². The molecule has 0 aromatic carbocycles. The Morgan fingerprint density at radius 1 is 1.33 bits per heavy atom. The van der Waals surface area contributed by atoms with E-state index in [2.05, 4.69) is 10.3 Å². The van der Waals surface area contributed by atoms with Gasteiger partial charge in [-0.2, -0.15) is 0 Å². The lowest BCUT2D eigenvalue weighted by Gasteiger charge is -2.38. The number of nitrogens with one attached hydrogen (secondary N) is 1. The highest BCUT2D eigenvalue weighted by atomic mass is 32.1. The topological polar surface area (TPSA) is 97.8 Å². The second kappa shape index (κ2) is 9.09. The molecule has 4 rings (SSSR count). The van der Waals surface area contributed by atoms with Crippen LogP contribution in [0.2, 0.25) is 0 Å². The zero-order chi connectivity index (χ0) is 21.1. The number of fused-ring (bicyclic) bond motifs is 1. The highest BCUT2D eigenvalue weighted by molar-refractivity contribution is 7.21. The Labute approximate surface area is 178 Å². The Bertz CT molecular complexity index is 951. The molecule has 2 aliphatic rings. The summed E-state index contributed by atoms with van der Waals surface area (Å²) in [5.74, 6) is -0.675. The molecule has 1 aliphatic heterocycles. The van der Waals surface area contributed by atoms with Crippen LogP contribution in [0.4, 0.5) is 5.69 Å². The van der Waals surface area contributed by atoms with Crippen molar-refractivity contribution in [2.24, 2.45) is 5.92 Å². The number of aromatic nitrogens is 1. The zero-order valence-corrected chi connectivity index (χ0v) is 17.7. The fourth-order valence-electron chi connectivity index (χ4n) is 4.19. The number of carbonyl (C=O) groups excluding carboxylic acids is 3. The minimum Gasteiger partial charge on any atom is -0.462 e. The van der Waals surface area contributed by atoms with Crippen LogP contribution < -0.4 is 5.32 Å².